The maximum atomic E-state index is 11.1. The van der Waals surface area contributed by atoms with E-state index < -0.39 is 5.92 Å². The highest BCUT2D eigenvalue weighted by Gasteiger charge is 2.12. The van der Waals surface area contributed by atoms with Crippen LogP contribution in [0.15, 0.2) is 54.6 Å². The first-order chi connectivity index (χ1) is 14.7. The summed E-state index contributed by atoms with van der Waals surface area (Å²) in [5, 5.41) is 7.00. The number of Topliss-reactive ketones (excluding diaryl/α,β-unsaturated/α-hetero) is 2. The average Bonchev–Trinajstić information content (AvgIpc) is 2.82. The van der Waals surface area contributed by atoms with Gasteiger partial charge in [-0.25, -0.2) is 0 Å². The molecule has 0 fully saturated rings. The quantitative estimate of drug-likeness (QED) is 0.188. The monoisotopic (exact) mass is 542 g/mol. The number of benzene rings is 2. The highest BCUT2D eigenvalue weighted by molar-refractivity contribution is 14.1. The van der Waals surface area contributed by atoms with Gasteiger partial charge in [-0.2, -0.15) is 0 Å². The van der Waals surface area contributed by atoms with E-state index in [1.54, 1.807) is 36.4 Å². The summed E-state index contributed by atoms with van der Waals surface area (Å²) in [6.07, 6.45) is 2.64. The molecule has 0 aliphatic rings. The first kappa shape index (κ1) is 33.8. The topological polar surface area (TPSA) is 71.4 Å². The van der Waals surface area contributed by atoms with E-state index >= 15 is 0 Å². The number of unbranched alkanes of at least 4 members (excludes halogenated alkanes) is 1. The molecule has 1 N–H and O–H groups in total. The zero-order chi connectivity index (χ0) is 24.8. The molecule has 2 aromatic rings. The molecule has 0 aromatic heterocycles. The zero-order valence-corrected chi connectivity index (χ0v) is 22.4. The van der Waals surface area contributed by atoms with E-state index in [4.69, 9.17) is 5.11 Å². The summed E-state index contributed by atoms with van der Waals surface area (Å²) >= 11 is 1.62. The third kappa shape index (κ3) is 17.5. The van der Waals surface area contributed by atoms with Crippen molar-refractivity contribution in [2.24, 2.45) is 5.92 Å². The molecule has 1 atom stereocenters. The molecule has 2 aromatic carbocycles. The number of halogens is 1. The molecular formula is C26H39IO4. The van der Waals surface area contributed by atoms with Gasteiger partial charge in [-0.3, -0.25) is 14.4 Å². The van der Waals surface area contributed by atoms with E-state index in [1.165, 1.54) is 25.3 Å². The molecule has 4 nitrogen and oxygen atoms in total. The van der Waals surface area contributed by atoms with Crippen molar-refractivity contribution >= 4 is 37.9 Å². The lowest BCUT2D eigenvalue weighted by atomic mass is 10.0. The summed E-state index contributed by atoms with van der Waals surface area (Å²) in [7, 11) is 1.00. The van der Waals surface area contributed by atoms with Crippen LogP contribution in [-0.2, 0) is 9.59 Å². The molecule has 0 amide bonds. The SMILES string of the molecule is CC.CC(=O)C(C)C(=O)I.CC(=O)c1ccc(-c2ccccc2)cc1.CCCC.CO. The van der Waals surface area contributed by atoms with Crippen molar-refractivity contribution in [1.29, 1.82) is 0 Å². The molecule has 174 valence electrons. The maximum Gasteiger partial charge on any atom is 0.202 e. The molecule has 0 aliphatic carbocycles. The molecule has 0 heterocycles. The van der Waals surface area contributed by atoms with Crippen molar-refractivity contribution in [1.82, 2.24) is 0 Å². The smallest absolute Gasteiger partial charge is 0.202 e. The van der Waals surface area contributed by atoms with Gasteiger partial charge in [0, 0.05) is 35.3 Å². The minimum absolute atomic E-state index is 0.0654. The standard InChI is InChI=1S/C14H12O.C5H7IO2.C4H10.C2H6.CH4O/c1-11(15)12-7-9-14(10-8-12)13-5-3-2-4-6-13;1-3(4(2)7)5(6)8;1-3-4-2;2*1-2/h2-10H,1H3;3H,1-2H3;3-4H2,1-2H3;1-2H3;2H,1H3. The van der Waals surface area contributed by atoms with Gasteiger partial charge >= 0.3 is 0 Å². The van der Waals surface area contributed by atoms with Crippen LogP contribution in [0.3, 0.4) is 0 Å². The van der Waals surface area contributed by atoms with E-state index in [0.717, 1.165) is 18.2 Å². The van der Waals surface area contributed by atoms with E-state index in [-0.39, 0.29) is 15.4 Å². The normalized spacial score (nSPS) is 9.48. The number of hydrogen-bond donors (Lipinski definition) is 1. The van der Waals surface area contributed by atoms with Crippen LogP contribution in [0.4, 0.5) is 0 Å². The van der Waals surface area contributed by atoms with Crippen LogP contribution >= 0.6 is 22.6 Å². The number of carbonyl (C=O) groups is 3. The number of ketones is 2. The first-order valence-corrected chi connectivity index (χ1v) is 11.6. The zero-order valence-electron chi connectivity index (χ0n) is 20.2. The van der Waals surface area contributed by atoms with Crippen molar-refractivity contribution in [3.05, 3.63) is 60.2 Å². The number of rotatable bonds is 5. The van der Waals surface area contributed by atoms with Crippen LogP contribution < -0.4 is 0 Å². The summed E-state index contributed by atoms with van der Waals surface area (Å²) in [6, 6.07) is 17.8. The molecule has 2 rings (SSSR count). The Morgan fingerprint density at radius 1 is 0.806 bits per heavy atom. The Morgan fingerprint density at radius 3 is 1.45 bits per heavy atom. The minimum Gasteiger partial charge on any atom is -0.400 e. The first-order valence-electron chi connectivity index (χ1n) is 10.5. The third-order valence-electron chi connectivity index (χ3n) is 3.85. The van der Waals surface area contributed by atoms with Crippen LogP contribution in [0.2, 0.25) is 0 Å². The second-order valence-corrected chi connectivity index (χ2v) is 7.20. The van der Waals surface area contributed by atoms with E-state index in [2.05, 4.69) is 26.0 Å². The van der Waals surface area contributed by atoms with Gasteiger partial charge in [0.15, 0.2) is 5.78 Å². The van der Waals surface area contributed by atoms with Crippen molar-refractivity contribution in [3.8, 4) is 11.1 Å². The summed E-state index contributed by atoms with van der Waals surface area (Å²) in [5.41, 5.74) is 3.07. The molecule has 1 unspecified atom stereocenters. The van der Waals surface area contributed by atoms with Gasteiger partial charge in [0.2, 0.25) is 3.79 Å². The lowest BCUT2D eigenvalue weighted by Gasteiger charge is -2.01. The van der Waals surface area contributed by atoms with E-state index in [9.17, 15) is 14.4 Å². The van der Waals surface area contributed by atoms with Crippen molar-refractivity contribution < 1.29 is 19.5 Å². The molecule has 0 saturated carbocycles. The third-order valence-corrected chi connectivity index (χ3v) is 4.78. The van der Waals surface area contributed by atoms with Crippen LogP contribution in [-0.4, -0.2) is 27.6 Å². The molecule has 0 saturated heterocycles. The Morgan fingerprint density at radius 2 is 1.19 bits per heavy atom. The van der Waals surface area contributed by atoms with Crippen LogP contribution in [0, 0.1) is 5.92 Å². The molecule has 0 bridgehead atoms. The molecule has 31 heavy (non-hydrogen) atoms. The Bertz CT molecular complexity index is 694. The number of aliphatic hydroxyl groups excluding tert-OH is 1. The summed E-state index contributed by atoms with van der Waals surface area (Å²) < 4.78 is -0.0879. The number of hydrogen-bond acceptors (Lipinski definition) is 4. The Kier molecular flexibility index (Phi) is 24.9. The highest BCUT2D eigenvalue weighted by Crippen LogP contribution is 2.19. The van der Waals surface area contributed by atoms with Gasteiger partial charge in [0.05, 0.1) is 5.92 Å². The van der Waals surface area contributed by atoms with Crippen LogP contribution in [0.25, 0.3) is 11.1 Å². The fraction of sp³-hybridized carbons (Fsp3) is 0.423. The summed E-state index contributed by atoms with van der Waals surface area (Å²) in [5.74, 6) is -0.380. The van der Waals surface area contributed by atoms with Gasteiger partial charge < -0.3 is 5.11 Å². The molecule has 0 spiro atoms. The summed E-state index contributed by atoms with van der Waals surface area (Å²) in [4.78, 5) is 31.8. The van der Waals surface area contributed by atoms with E-state index in [0.29, 0.717) is 0 Å². The highest BCUT2D eigenvalue weighted by atomic mass is 127. The predicted molar refractivity (Wildman–Crippen MR) is 141 cm³/mol. The van der Waals surface area contributed by atoms with Gasteiger partial charge in [0.25, 0.3) is 0 Å². The average molecular weight is 542 g/mol. The molecule has 5 heteroatoms. The molecular weight excluding hydrogens is 503 g/mol. The van der Waals surface area contributed by atoms with Crippen molar-refractivity contribution in [2.75, 3.05) is 7.11 Å². The molecule has 0 radical (unpaired) electrons. The van der Waals surface area contributed by atoms with Crippen molar-refractivity contribution in [2.45, 2.75) is 61.3 Å². The Balaban J connectivity index is -0.000000416. The molecule has 0 aliphatic heterocycles. The predicted octanol–water partition coefficient (Wildman–Crippen LogP) is 7.17. The fourth-order valence-electron chi connectivity index (χ4n) is 1.69. The van der Waals surface area contributed by atoms with Gasteiger partial charge in [-0.1, -0.05) is 95.1 Å². The Hall–Kier alpha value is -1.86. The lowest BCUT2D eigenvalue weighted by molar-refractivity contribution is -0.125. The van der Waals surface area contributed by atoms with Crippen LogP contribution in [0.1, 0.15) is 71.7 Å². The Labute approximate surface area is 202 Å². The van der Waals surface area contributed by atoms with Gasteiger partial charge in [-0.15, -0.1) is 0 Å². The largest absolute Gasteiger partial charge is 0.400 e. The van der Waals surface area contributed by atoms with E-state index in [1.807, 2.05) is 56.3 Å². The van der Waals surface area contributed by atoms with Crippen molar-refractivity contribution in [3.63, 3.8) is 0 Å². The number of aliphatic hydroxyl groups is 1. The second kappa shape index (κ2) is 22.8. The minimum atomic E-state index is -0.421. The summed E-state index contributed by atoms with van der Waals surface area (Å²) in [6.45, 7) is 13.0. The maximum absolute atomic E-state index is 11.1. The number of carbonyl (C=O) groups excluding carboxylic acids is 3. The van der Waals surface area contributed by atoms with Gasteiger partial charge in [-0.05, 0) is 31.9 Å². The van der Waals surface area contributed by atoms with Crippen LogP contribution in [0.5, 0.6) is 0 Å². The fourth-order valence-corrected chi connectivity index (χ4v) is 2.13. The second-order valence-electron chi connectivity index (χ2n) is 6.14. The lowest BCUT2D eigenvalue weighted by Crippen LogP contribution is -2.12. The van der Waals surface area contributed by atoms with Gasteiger partial charge in [0.1, 0.15) is 5.78 Å².